The molecule has 2 aromatic heterocycles. The van der Waals surface area contributed by atoms with Crippen molar-refractivity contribution in [2.75, 3.05) is 5.32 Å². The number of nitro benzene ring substituents is 1. The van der Waals surface area contributed by atoms with Crippen molar-refractivity contribution in [3.63, 3.8) is 0 Å². The Bertz CT molecular complexity index is 1270. The molecule has 0 saturated heterocycles. The van der Waals surface area contributed by atoms with Gasteiger partial charge in [-0.15, -0.1) is 0 Å². The second-order valence-corrected chi connectivity index (χ2v) is 8.23. The Morgan fingerprint density at radius 3 is 2.57 bits per heavy atom. The summed E-state index contributed by atoms with van der Waals surface area (Å²) in [6.07, 6.45) is 0.607. The van der Waals surface area contributed by atoms with Gasteiger partial charge in [0.25, 0.3) is 11.6 Å². The highest BCUT2D eigenvalue weighted by Gasteiger charge is 2.16. The standard InChI is InChI=1S/C22H19N3O4S/c1-12-8-13(2)17(14(3)9-12)11-16-5-7-19(29-16)21(26)24-22-23-18-6-4-15(25(27)28)10-20(18)30-22/h4-10H,11H2,1-3H3,(H,23,24,26). The molecule has 30 heavy (non-hydrogen) atoms. The molecule has 0 spiro atoms. The van der Waals surface area contributed by atoms with Crippen molar-refractivity contribution in [3.05, 3.63) is 86.4 Å². The van der Waals surface area contributed by atoms with Crippen LogP contribution < -0.4 is 5.32 Å². The monoisotopic (exact) mass is 421 g/mol. The molecule has 0 aliphatic carbocycles. The van der Waals surface area contributed by atoms with Gasteiger partial charge in [0.05, 0.1) is 15.1 Å². The lowest BCUT2D eigenvalue weighted by Gasteiger charge is -2.09. The van der Waals surface area contributed by atoms with Gasteiger partial charge in [-0.1, -0.05) is 29.0 Å². The predicted molar refractivity (Wildman–Crippen MR) is 116 cm³/mol. The third kappa shape index (κ3) is 3.95. The number of amides is 1. The third-order valence-electron chi connectivity index (χ3n) is 4.88. The summed E-state index contributed by atoms with van der Waals surface area (Å²) >= 11 is 1.18. The van der Waals surface area contributed by atoms with E-state index in [0.717, 1.165) is 0 Å². The van der Waals surface area contributed by atoms with Gasteiger partial charge in [-0.2, -0.15) is 0 Å². The second-order valence-electron chi connectivity index (χ2n) is 7.20. The topological polar surface area (TPSA) is 98.3 Å². The Kier molecular flexibility index (Phi) is 5.09. The molecule has 0 unspecified atom stereocenters. The van der Waals surface area contributed by atoms with Crippen molar-refractivity contribution in [2.24, 2.45) is 0 Å². The molecule has 0 aliphatic heterocycles. The van der Waals surface area contributed by atoms with Gasteiger partial charge in [0.1, 0.15) is 5.76 Å². The summed E-state index contributed by atoms with van der Waals surface area (Å²) in [4.78, 5) is 27.3. The highest BCUT2D eigenvalue weighted by atomic mass is 32.1. The Morgan fingerprint density at radius 2 is 1.87 bits per heavy atom. The van der Waals surface area contributed by atoms with Crippen LogP contribution in [0.15, 0.2) is 46.9 Å². The fraction of sp³-hybridized carbons (Fsp3) is 0.182. The number of carbonyl (C=O) groups excluding carboxylic acids is 1. The van der Waals surface area contributed by atoms with Gasteiger partial charge in [-0.05, 0) is 55.7 Å². The molecular weight excluding hydrogens is 402 g/mol. The number of furan rings is 1. The fourth-order valence-corrected chi connectivity index (χ4v) is 4.39. The van der Waals surface area contributed by atoms with Crippen LogP contribution in [-0.2, 0) is 6.42 Å². The number of nitro groups is 1. The van der Waals surface area contributed by atoms with Crippen molar-refractivity contribution in [1.82, 2.24) is 4.98 Å². The summed E-state index contributed by atoms with van der Waals surface area (Å²) in [5, 5.41) is 14.0. The largest absolute Gasteiger partial charge is 0.456 e. The quantitative estimate of drug-likeness (QED) is 0.336. The number of aryl methyl sites for hydroxylation is 3. The zero-order valence-corrected chi connectivity index (χ0v) is 17.5. The number of non-ortho nitro benzene ring substituents is 1. The minimum atomic E-state index is -0.459. The third-order valence-corrected chi connectivity index (χ3v) is 5.81. The van der Waals surface area contributed by atoms with Crippen LogP contribution >= 0.6 is 11.3 Å². The number of fused-ring (bicyclic) bond motifs is 1. The molecule has 1 amide bonds. The molecular formula is C22H19N3O4S. The first-order valence-corrected chi connectivity index (χ1v) is 10.1. The lowest BCUT2D eigenvalue weighted by Crippen LogP contribution is -2.10. The van der Waals surface area contributed by atoms with E-state index in [-0.39, 0.29) is 11.4 Å². The average molecular weight is 421 g/mol. The van der Waals surface area contributed by atoms with Gasteiger partial charge in [-0.3, -0.25) is 20.2 Å². The molecule has 0 bridgehead atoms. The molecule has 4 aromatic rings. The van der Waals surface area contributed by atoms with Crippen molar-refractivity contribution in [2.45, 2.75) is 27.2 Å². The number of nitrogens with zero attached hydrogens (tertiary/aromatic N) is 2. The number of hydrogen-bond donors (Lipinski definition) is 1. The lowest BCUT2D eigenvalue weighted by atomic mass is 9.97. The summed E-state index contributed by atoms with van der Waals surface area (Å²) in [5.74, 6) is 0.486. The van der Waals surface area contributed by atoms with Gasteiger partial charge >= 0.3 is 0 Å². The number of carbonyl (C=O) groups is 1. The SMILES string of the molecule is Cc1cc(C)c(Cc2ccc(C(=O)Nc3nc4ccc([N+](=O)[O-])cc4s3)o2)c(C)c1. The summed E-state index contributed by atoms with van der Waals surface area (Å²) in [5.41, 5.74) is 5.37. The molecule has 4 rings (SSSR count). The maximum absolute atomic E-state index is 12.6. The van der Waals surface area contributed by atoms with Crippen LogP contribution in [0.3, 0.4) is 0 Å². The smallest absolute Gasteiger partial charge is 0.293 e. The molecule has 2 aromatic carbocycles. The zero-order chi connectivity index (χ0) is 21.4. The minimum Gasteiger partial charge on any atom is -0.456 e. The van der Waals surface area contributed by atoms with Crippen LogP contribution in [0.4, 0.5) is 10.8 Å². The highest BCUT2D eigenvalue weighted by molar-refractivity contribution is 7.22. The van der Waals surface area contributed by atoms with Crippen molar-refractivity contribution < 1.29 is 14.1 Å². The average Bonchev–Trinajstić information content (AvgIpc) is 3.30. The first-order chi connectivity index (χ1) is 14.3. The normalized spacial score (nSPS) is 11.0. The van der Waals surface area contributed by atoms with Crippen LogP contribution in [0, 0.1) is 30.9 Å². The maximum Gasteiger partial charge on any atom is 0.293 e. The van der Waals surface area contributed by atoms with Gasteiger partial charge in [0, 0.05) is 18.6 Å². The molecule has 7 nitrogen and oxygen atoms in total. The Hall–Kier alpha value is -3.52. The first-order valence-electron chi connectivity index (χ1n) is 9.32. The van der Waals surface area contributed by atoms with Crippen molar-refractivity contribution in [3.8, 4) is 0 Å². The molecule has 152 valence electrons. The number of hydrogen-bond acceptors (Lipinski definition) is 6. The van der Waals surface area contributed by atoms with Gasteiger partial charge in [0.15, 0.2) is 10.9 Å². The lowest BCUT2D eigenvalue weighted by molar-refractivity contribution is -0.384. The van der Waals surface area contributed by atoms with E-state index >= 15 is 0 Å². The summed E-state index contributed by atoms with van der Waals surface area (Å²) in [6.45, 7) is 6.21. The number of benzene rings is 2. The fourth-order valence-electron chi connectivity index (χ4n) is 3.50. The molecule has 2 heterocycles. The van der Waals surface area contributed by atoms with Crippen LogP contribution in [0.2, 0.25) is 0 Å². The number of rotatable bonds is 5. The van der Waals surface area contributed by atoms with Crippen LogP contribution in [0.5, 0.6) is 0 Å². The van der Waals surface area contributed by atoms with Crippen LogP contribution in [0.25, 0.3) is 10.2 Å². The molecule has 0 saturated carbocycles. The van der Waals surface area contributed by atoms with E-state index in [2.05, 4.69) is 43.2 Å². The number of nitrogens with one attached hydrogen (secondary N) is 1. The number of thiazole rings is 1. The Balaban J connectivity index is 1.51. The van der Waals surface area contributed by atoms with Gasteiger partial charge in [0.2, 0.25) is 0 Å². The van der Waals surface area contributed by atoms with E-state index in [9.17, 15) is 14.9 Å². The predicted octanol–water partition coefficient (Wildman–Crippen LogP) is 5.57. The van der Waals surface area contributed by atoms with Gasteiger partial charge < -0.3 is 4.42 Å². The maximum atomic E-state index is 12.6. The van der Waals surface area contributed by atoms with Crippen molar-refractivity contribution >= 4 is 38.3 Å². The summed E-state index contributed by atoms with van der Waals surface area (Å²) < 4.78 is 6.39. The molecule has 0 radical (unpaired) electrons. The van der Waals surface area contributed by atoms with E-state index in [1.807, 2.05) is 0 Å². The molecule has 0 atom stereocenters. The molecule has 1 N–H and O–H groups in total. The Labute approximate surface area is 176 Å². The summed E-state index contributed by atoms with van der Waals surface area (Å²) in [6, 6.07) is 12.1. The van der Waals surface area contributed by atoms with Crippen LogP contribution in [-0.4, -0.2) is 15.8 Å². The van der Waals surface area contributed by atoms with E-state index in [1.165, 1.54) is 45.7 Å². The van der Waals surface area contributed by atoms with E-state index in [0.29, 0.717) is 27.5 Å². The molecule has 0 fully saturated rings. The van der Waals surface area contributed by atoms with Gasteiger partial charge in [-0.25, -0.2) is 4.98 Å². The van der Waals surface area contributed by atoms with Crippen molar-refractivity contribution in [1.29, 1.82) is 0 Å². The van der Waals surface area contributed by atoms with E-state index < -0.39 is 10.8 Å². The molecule has 8 heteroatoms. The second kappa shape index (κ2) is 7.72. The van der Waals surface area contributed by atoms with E-state index in [4.69, 9.17) is 4.42 Å². The first kappa shape index (κ1) is 19.8. The highest BCUT2D eigenvalue weighted by Crippen LogP contribution is 2.29. The zero-order valence-electron chi connectivity index (χ0n) is 16.7. The Morgan fingerprint density at radius 1 is 1.13 bits per heavy atom. The minimum absolute atomic E-state index is 0.0126. The molecule has 0 aliphatic rings. The van der Waals surface area contributed by atoms with E-state index in [1.54, 1.807) is 18.2 Å². The number of aromatic nitrogens is 1. The number of anilines is 1. The van der Waals surface area contributed by atoms with Crippen LogP contribution in [0.1, 0.15) is 38.6 Å². The summed E-state index contributed by atoms with van der Waals surface area (Å²) in [7, 11) is 0.